The van der Waals surface area contributed by atoms with Crippen molar-refractivity contribution in [3.8, 4) is 17.2 Å². The normalized spacial score (nSPS) is 23.9. The summed E-state index contributed by atoms with van der Waals surface area (Å²) >= 11 is 0. The van der Waals surface area contributed by atoms with Gasteiger partial charge in [0.25, 0.3) is 0 Å². The fourth-order valence-corrected chi connectivity index (χ4v) is 4.65. The van der Waals surface area contributed by atoms with Crippen LogP contribution in [0.25, 0.3) is 0 Å². The molecular weight excluding hydrogens is 370 g/mol. The summed E-state index contributed by atoms with van der Waals surface area (Å²) < 4.78 is 17.5. The molecule has 0 aliphatic carbocycles. The smallest absolute Gasteiger partial charge is 0.161 e. The van der Waals surface area contributed by atoms with Crippen LogP contribution in [0.4, 0.5) is 0 Å². The number of piperidine rings is 1. The number of β-amino-alcohol motifs (C(OH)–C–C–N with tert-alkyl or cyclic N) is 1. The second-order valence-electron chi connectivity index (χ2n) is 8.26. The highest BCUT2D eigenvalue weighted by atomic mass is 16.6. The Balaban J connectivity index is 1.21. The Bertz CT molecular complexity index is 877. The zero-order valence-corrected chi connectivity index (χ0v) is 16.4. The van der Waals surface area contributed by atoms with Crippen molar-refractivity contribution < 1.29 is 24.4 Å². The number of hydrogen-bond donors (Lipinski definition) is 2. The Labute approximate surface area is 170 Å². The van der Waals surface area contributed by atoms with Gasteiger partial charge in [-0.2, -0.15) is 0 Å². The van der Waals surface area contributed by atoms with Crippen LogP contribution in [0.3, 0.4) is 0 Å². The quantitative estimate of drug-likeness (QED) is 0.830. The van der Waals surface area contributed by atoms with E-state index in [1.165, 1.54) is 0 Å². The highest BCUT2D eigenvalue weighted by molar-refractivity contribution is 5.44. The molecule has 0 unspecified atom stereocenters. The molecule has 2 aromatic carbocycles. The van der Waals surface area contributed by atoms with Crippen molar-refractivity contribution in [2.24, 2.45) is 0 Å². The van der Waals surface area contributed by atoms with Crippen molar-refractivity contribution in [3.63, 3.8) is 0 Å². The van der Waals surface area contributed by atoms with Gasteiger partial charge in [0.15, 0.2) is 11.5 Å². The van der Waals surface area contributed by atoms with E-state index in [9.17, 15) is 10.2 Å². The Morgan fingerprint density at radius 2 is 1.76 bits per heavy atom. The first kappa shape index (κ1) is 18.7. The van der Waals surface area contributed by atoms with E-state index in [2.05, 4.69) is 4.90 Å². The van der Waals surface area contributed by atoms with Crippen LogP contribution >= 0.6 is 0 Å². The molecule has 29 heavy (non-hydrogen) atoms. The SMILES string of the molecule is O[C@H](CN1CCC2(CC1)C[C@@H](O)c1ccccc1O2)c1ccc2c(c1)OCCO2. The van der Waals surface area contributed by atoms with Crippen molar-refractivity contribution in [2.75, 3.05) is 32.8 Å². The molecule has 1 fully saturated rings. The largest absolute Gasteiger partial charge is 0.487 e. The summed E-state index contributed by atoms with van der Waals surface area (Å²) in [5.41, 5.74) is 1.41. The molecule has 0 amide bonds. The monoisotopic (exact) mass is 397 g/mol. The third-order valence-corrected chi connectivity index (χ3v) is 6.32. The number of aliphatic hydroxyl groups excluding tert-OH is 2. The number of rotatable bonds is 3. The average Bonchev–Trinajstić information content (AvgIpc) is 2.75. The maximum atomic E-state index is 10.7. The molecule has 2 aromatic rings. The van der Waals surface area contributed by atoms with Crippen LogP contribution in [0.1, 0.15) is 42.6 Å². The van der Waals surface area contributed by atoms with E-state index in [4.69, 9.17) is 14.2 Å². The minimum Gasteiger partial charge on any atom is -0.487 e. The molecule has 6 nitrogen and oxygen atoms in total. The highest BCUT2D eigenvalue weighted by Gasteiger charge is 2.42. The van der Waals surface area contributed by atoms with E-state index in [1.54, 1.807) is 0 Å². The number of aliphatic hydroxyl groups is 2. The Kier molecular flexibility index (Phi) is 4.86. The van der Waals surface area contributed by atoms with Crippen LogP contribution < -0.4 is 14.2 Å². The van der Waals surface area contributed by atoms with Crippen LogP contribution in [-0.2, 0) is 0 Å². The van der Waals surface area contributed by atoms with E-state index in [0.717, 1.165) is 48.6 Å². The van der Waals surface area contributed by atoms with Gasteiger partial charge in [0.05, 0.1) is 12.2 Å². The van der Waals surface area contributed by atoms with Gasteiger partial charge in [-0.3, -0.25) is 0 Å². The summed E-state index contributed by atoms with van der Waals surface area (Å²) in [6.45, 7) is 3.32. The Morgan fingerprint density at radius 3 is 2.59 bits per heavy atom. The van der Waals surface area contributed by atoms with Crippen LogP contribution in [0.5, 0.6) is 17.2 Å². The number of para-hydroxylation sites is 1. The van der Waals surface area contributed by atoms with Gasteiger partial charge in [0, 0.05) is 31.6 Å². The second-order valence-corrected chi connectivity index (χ2v) is 8.26. The summed E-state index contributed by atoms with van der Waals surface area (Å²) in [5.74, 6) is 2.24. The lowest BCUT2D eigenvalue weighted by Gasteiger charge is -2.46. The molecule has 0 saturated carbocycles. The fourth-order valence-electron chi connectivity index (χ4n) is 4.65. The minimum atomic E-state index is -0.585. The topological polar surface area (TPSA) is 71.4 Å². The number of fused-ring (bicyclic) bond motifs is 2. The third kappa shape index (κ3) is 3.68. The van der Waals surface area contributed by atoms with E-state index >= 15 is 0 Å². The molecule has 154 valence electrons. The standard InChI is InChI=1S/C23H27NO5/c25-18-14-23(29-20-4-2-1-3-17(18)20)7-9-24(10-8-23)15-19(26)16-5-6-21-22(13-16)28-12-11-27-21/h1-6,13,18-19,25-26H,7-12,14-15H2/t18-,19-/m1/s1. The van der Waals surface area contributed by atoms with Gasteiger partial charge in [0.2, 0.25) is 0 Å². The lowest BCUT2D eigenvalue weighted by Crippen LogP contribution is -2.51. The summed E-state index contributed by atoms with van der Waals surface area (Å²) in [5, 5.41) is 21.3. The molecule has 5 rings (SSSR count). The lowest BCUT2D eigenvalue weighted by atomic mass is 9.81. The van der Waals surface area contributed by atoms with Crippen molar-refractivity contribution in [3.05, 3.63) is 53.6 Å². The van der Waals surface area contributed by atoms with Crippen LogP contribution in [0.2, 0.25) is 0 Å². The first-order chi connectivity index (χ1) is 14.1. The highest BCUT2D eigenvalue weighted by Crippen LogP contribution is 2.44. The second kappa shape index (κ2) is 7.52. The van der Waals surface area contributed by atoms with Crippen molar-refractivity contribution in [1.29, 1.82) is 0 Å². The first-order valence-electron chi connectivity index (χ1n) is 10.4. The summed E-state index contributed by atoms with van der Waals surface area (Å²) in [7, 11) is 0. The maximum absolute atomic E-state index is 10.7. The number of likely N-dealkylation sites (tertiary alicyclic amines) is 1. The molecule has 0 radical (unpaired) electrons. The molecule has 1 saturated heterocycles. The van der Waals surface area contributed by atoms with E-state index in [1.807, 2.05) is 42.5 Å². The lowest BCUT2D eigenvalue weighted by molar-refractivity contribution is -0.0587. The van der Waals surface area contributed by atoms with Gasteiger partial charge in [-0.15, -0.1) is 0 Å². The van der Waals surface area contributed by atoms with Crippen molar-refractivity contribution >= 4 is 0 Å². The van der Waals surface area contributed by atoms with Gasteiger partial charge in [-0.1, -0.05) is 24.3 Å². The predicted octanol–water partition coefficient (Wildman–Crippen LogP) is 2.84. The molecular formula is C23H27NO5. The Hall–Kier alpha value is -2.28. The van der Waals surface area contributed by atoms with Crippen LogP contribution in [0.15, 0.2) is 42.5 Å². The molecule has 2 N–H and O–H groups in total. The summed E-state index contributed by atoms with van der Waals surface area (Å²) in [4.78, 5) is 2.27. The molecule has 0 aromatic heterocycles. The molecule has 2 atom stereocenters. The number of benzene rings is 2. The van der Waals surface area contributed by atoms with Gasteiger partial charge in [-0.25, -0.2) is 0 Å². The average molecular weight is 397 g/mol. The van der Waals surface area contributed by atoms with Crippen LogP contribution in [0, 0.1) is 0 Å². The van der Waals surface area contributed by atoms with Gasteiger partial charge < -0.3 is 29.3 Å². The van der Waals surface area contributed by atoms with Gasteiger partial charge >= 0.3 is 0 Å². The molecule has 6 heteroatoms. The van der Waals surface area contributed by atoms with Gasteiger partial charge in [0.1, 0.15) is 24.6 Å². The third-order valence-electron chi connectivity index (χ3n) is 6.32. The zero-order valence-electron chi connectivity index (χ0n) is 16.4. The fraction of sp³-hybridized carbons (Fsp3) is 0.478. The Morgan fingerprint density at radius 1 is 1.00 bits per heavy atom. The number of hydrogen-bond acceptors (Lipinski definition) is 6. The molecule has 3 heterocycles. The van der Waals surface area contributed by atoms with Crippen LogP contribution in [-0.4, -0.2) is 53.6 Å². The number of nitrogens with zero attached hydrogens (tertiary/aromatic N) is 1. The molecule has 1 spiro atoms. The maximum Gasteiger partial charge on any atom is 0.161 e. The van der Waals surface area contributed by atoms with E-state index < -0.39 is 12.2 Å². The molecule has 3 aliphatic rings. The first-order valence-corrected chi connectivity index (χ1v) is 10.4. The molecule has 0 bridgehead atoms. The minimum absolute atomic E-state index is 0.313. The van der Waals surface area contributed by atoms with Crippen molar-refractivity contribution in [2.45, 2.75) is 37.1 Å². The number of ether oxygens (including phenoxy) is 3. The predicted molar refractivity (Wildman–Crippen MR) is 107 cm³/mol. The van der Waals surface area contributed by atoms with Gasteiger partial charge in [-0.05, 0) is 36.6 Å². The summed E-state index contributed by atoms with van der Waals surface area (Å²) in [6.07, 6.45) is 1.24. The van der Waals surface area contributed by atoms with E-state index in [0.29, 0.717) is 31.9 Å². The van der Waals surface area contributed by atoms with E-state index in [-0.39, 0.29) is 5.60 Å². The van der Waals surface area contributed by atoms with Crippen molar-refractivity contribution in [1.82, 2.24) is 4.90 Å². The summed E-state index contributed by atoms with van der Waals surface area (Å²) in [6, 6.07) is 13.4. The molecule has 3 aliphatic heterocycles. The zero-order chi connectivity index (χ0) is 19.8.